The first-order chi connectivity index (χ1) is 15.0. The van der Waals surface area contributed by atoms with Crippen molar-refractivity contribution in [1.82, 2.24) is 20.0 Å². The summed E-state index contributed by atoms with van der Waals surface area (Å²) in [5, 5.41) is 2.85. The third-order valence-corrected chi connectivity index (χ3v) is 6.37. The van der Waals surface area contributed by atoms with Gasteiger partial charge in [-0.2, -0.15) is 0 Å². The Kier molecular flexibility index (Phi) is 6.71. The fourth-order valence-corrected chi connectivity index (χ4v) is 4.77. The molecule has 0 fully saturated rings. The molecule has 0 aliphatic rings. The van der Waals surface area contributed by atoms with Gasteiger partial charge >= 0.3 is 0 Å². The van der Waals surface area contributed by atoms with Gasteiger partial charge in [0.25, 0.3) is 5.91 Å². The molecule has 0 saturated heterocycles. The zero-order valence-corrected chi connectivity index (χ0v) is 19.6. The Morgan fingerprint density at radius 3 is 2.44 bits per heavy atom. The van der Waals surface area contributed by atoms with Crippen molar-refractivity contribution >= 4 is 15.9 Å². The van der Waals surface area contributed by atoms with Crippen LogP contribution < -0.4 is 14.8 Å². The molecular formula is C23H28N4O4S. The molecule has 1 heterocycles. The molecule has 3 aromatic rings. The van der Waals surface area contributed by atoms with Crippen LogP contribution in [0, 0.1) is 0 Å². The molecule has 3 N–H and O–H groups in total. The van der Waals surface area contributed by atoms with Crippen molar-refractivity contribution in [2.75, 3.05) is 7.11 Å². The highest BCUT2D eigenvalue weighted by molar-refractivity contribution is 7.89. The molecule has 2 aromatic carbocycles. The van der Waals surface area contributed by atoms with Gasteiger partial charge in [0.2, 0.25) is 10.0 Å². The molecule has 170 valence electrons. The Hall–Kier alpha value is -3.17. The zero-order chi connectivity index (χ0) is 23.5. The van der Waals surface area contributed by atoms with Gasteiger partial charge in [-0.25, -0.2) is 18.1 Å². The second-order valence-electron chi connectivity index (χ2n) is 8.46. The number of hydrogen-bond acceptors (Lipinski definition) is 5. The van der Waals surface area contributed by atoms with Crippen LogP contribution >= 0.6 is 0 Å². The number of imidazole rings is 1. The van der Waals surface area contributed by atoms with Crippen molar-refractivity contribution in [1.29, 1.82) is 0 Å². The zero-order valence-electron chi connectivity index (χ0n) is 18.8. The van der Waals surface area contributed by atoms with Crippen molar-refractivity contribution in [2.45, 2.75) is 44.2 Å². The average molecular weight is 457 g/mol. The number of benzene rings is 2. The van der Waals surface area contributed by atoms with Crippen LogP contribution in [0.2, 0.25) is 0 Å². The van der Waals surface area contributed by atoms with Gasteiger partial charge in [-0.05, 0) is 51.5 Å². The van der Waals surface area contributed by atoms with E-state index in [1.54, 1.807) is 33.9 Å². The largest absolute Gasteiger partial charge is 0.495 e. The van der Waals surface area contributed by atoms with E-state index in [2.05, 4.69) is 20.0 Å². The van der Waals surface area contributed by atoms with E-state index in [-0.39, 0.29) is 16.2 Å². The van der Waals surface area contributed by atoms with E-state index in [0.29, 0.717) is 5.82 Å². The smallest absolute Gasteiger partial charge is 0.251 e. The molecule has 3 rings (SSSR count). The predicted octanol–water partition coefficient (Wildman–Crippen LogP) is 3.65. The third kappa shape index (κ3) is 5.54. The van der Waals surface area contributed by atoms with Crippen LogP contribution in [0.1, 0.15) is 49.9 Å². The fraction of sp³-hybridized carbons (Fsp3) is 0.304. The number of hydrogen-bond donors (Lipinski definition) is 3. The second kappa shape index (κ2) is 9.13. The minimum atomic E-state index is -3.90. The molecular weight excluding hydrogens is 428 g/mol. The number of aromatic amines is 1. The molecule has 1 atom stereocenters. The summed E-state index contributed by atoms with van der Waals surface area (Å²) in [6.45, 7) is 7.01. The first-order valence-electron chi connectivity index (χ1n) is 10.1. The summed E-state index contributed by atoms with van der Waals surface area (Å²) < 4.78 is 33.5. The topological polar surface area (TPSA) is 113 Å². The van der Waals surface area contributed by atoms with Crippen molar-refractivity contribution in [3.63, 3.8) is 0 Å². The van der Waals surface area contributed by atoms with Crippen LogP contribution in [0.5, 0.6) is 5.75 Å². The molecule has 1 unspecified atom stereocenters. The summed E-state index contributed by atoms with van der Waals surface area (Å²) in [7, 11) is -2.51. The molecule has 0 bridgehead atoms. The Balaban J connectivity index is 1.81. The predicted molar refractivity (Wildman–Crippen MR) is 123 cm³/mol. The fourth-order valence-electron chi connectivity index (χ4n) is 3.16. The third-order valence-electron chi connectivity index (χ3n) is 4.59. The van der Waals surface area contributed by atoms with Crippen molar-refractivity contribution < 1.29 is 17.9 Å². The molecule has 0 radical (unpaired) electrons. The lowest BCUT2D eigenvalue weighted by Crippen LogP contribution is -2.40. The molecule has 8 nitrogen and oxygen atoms in total. The quantitative estimate of drug-likeness (QED) is 0.502. The molecule has 0 saturated carbocycles. The number of sulfonamides is 1. The van der Waals surface area contributed by atoms with Gasteiger partial charge in [0, 0.05) is 11.1 Å². The van der Waals surface area contributed by atoms with Gasteiger partial charge in [-0.15, -0.1) is 0 Å². The lowest BCUT2D eigenvalue weighted by molar-refractivity contribution is 0.0938. The van der Waals surface area contributed by atoms with E-state index >= 15 is 0 Å². The van der Waals surface area contributed by atoms with E-state index in [4.69, 9.17) is 4.74 Å². The van der Waals surface area contributed by atoms with Crippen molar-refractivity contribution in [3.05, 3.63) is 66.1 Å². The van der Waals surface area contributed by atoms with Crippen LogP contribution in [-0.2, 0) is 10.0 Å². The molecule has 1 amide bonds. The van der Waals surface area contributed by atoms with E-state index < -0.39 is 27.5 Å². The average Bonchev–Trinajstić information content (AvgIpc) is 3.22. The number of carbonyl (C=O) groups excluding carboxylic acids is 1. The van der Waals surface area contributed by atoms with Gasteiger partial charge in [0.15, 0.2) is 0 Å². The van der Waals surface area contributed by atoms with Gasteiger partial charge in [0.05, 0.1) is 25.0 Å². The summed E-state index contributed by atoms with van der Waals surface area (Å²) >= 11 is 0. The molecule has 1 aromatic heterocycles. The molecule has 9 heteroatoms. The maximum Gasteiger partial charge on any atom is 0.251 e. The number of ether oxygens (including phenoxy) is 1. The monoisotopic (exact) mass is 456 g/mol. The lowest BCUT2D eigenvalue weighted by Gasteiger charge is -2.21. The maximum absolute atomic E-state index is 12.9. The minimum absolute atomic E-state index is 0.0976. The number of amides is 1. The Morgan fingerprint density at radius 1 is 1.12 bits per heavy atom. The normalized spacial score (nSPS) is 12.9. The number of nitrogens with zero attached hydrogens (tertiary/aromatic N) is 1. The van der Waals surface area contributed by atoms with Crippen molar-refractivity contribution in [2.24, 2.45) is 0 Å². The molecule has 32 heavy (non-hydrogen) atoms. The molecule has 0 aliphatic carbocycles. The first-order valence-corrected chi connectivity index (χ1v) is 11.6. The first kappa shape index (κ1) is 23.5. The Bertz CT molecular complexity index is 1200. The summed E-state index contributed by atoms with van der Waals surface area (Å²) in [4.78, 5) is 20.3. The number of aromatic nitrogens is 2. The Labute approximate surface area is 188 Å². The van der Waals surface area contributed by atoms with E-state index in [9.17, 15) is 13.2 Å². The van der Waals surface area contributed by atoms with Crippen molar-refractivity contribution in [3.8, 4) is 17.0 Å². The molecule has 0 spiro atoms. The number of nitrogens with one attached hydrogen (secondary N) is 3. The minimum Gasteiger partial charge on any atom is -0.495 e. The Morgan fingerprint density at radius 2 is 1.81 bits per heavy atom. The van der Waals surface area contributed by atoms with E-state index in [1.165, 1.54) is 25.3 Å². The maximum atomic E-state index is 12.9. The van der Waals surface area contributed by atoms with Gasteiger partial charge in [-0.3, -0.25) is 4.79 Å². The van der Waals surface area contributed by atoms with Crippen LogP contribution in [-0.4, -0.2) is 36.9 Å². The van der Waals surface area contributed by atoms with Gasteiger partial charge in [-0.1, -0.05) is 30.3 Å². The lowest BCUT2D eigenvalue weighted by atomic mass is 10.1. The summed E-state index contributed by atoms with van der Waals surface area (Å²) in [5.74, 6) is 0.322. The molecule has 0 aliphatic heterocycles. The van der Waals surface area contributed by atoms with E-state index in [0.717, 1.165) is 11.3 Å². The summed E-state index contributed by atoms with van der Waals surface area (Å²) in [6, 6.07) is 13.6. The van der Waals surface area contributed by atoms with Crippen LogP contribution in [0.3, 0.4) is 0 Å². The number of H-pyrrole nitrogens is 1. The standard InChI is InChI=1S/C23H28N4O4S/c1-15(21-24-14-18(26-21)16-9-7-6-8-10-16)25-22(28)17-11-12-19(31-5)20(13-17)32(29,30)27-23(2,3)4/h6-15,27H,1-5H3,(H,24,26)(H,25,28). The second-order valence-corrected chi connectivity index (χ2v) is 10.1. The van der Waals surface area contributed by atoms with E-state index in [1.807, 2.05) is 30.3 Å². The van der Waals surface area contributed by atoms with Crippen LogP contribution in [0.4, 0.5) is 0 Å². The number of carbonyl (C=O) groups is 1. The highest BCUT2D eigenvalue weighted by atomic mass is 32.2. The van der Waals surface area contributed by atoms with Gasteiger partial charge < -0.3 is 15.0 Å². The van der Waals surface area contributed by atoms with Crippen LogP contribution in [0.15, 0.2) is 59.6 Å². The number of rotatable bonds is 7. The van der Waals surface area contributed by atoms with Gasteiger partial charge in [0.1, 0.15) is 16.5 Å². The van der Waals surface area contributed by atoms with Crippen LogP contribution in [0.25, 0.3) is 11.3 Å². The highest BCUT2D eigenvalue weighted by Gasteiger charge is 2.27. The number of methoxy groups -OCH3 is 1. The highest BCUT2D eigenvalue weighted by Crippen LogP contribution is 2.26. The summed E-state index contributed by atoms with van der Waals surface area (Å²) in [5.41, 5.74) is 1.34. The SMILES string of the molecule is COc1ccc(C(=O)NC(C)c2ncc(-c3ccccc3)[nH]2)cc1S(=O)(=O)NC(C)(C)C. The summed E-state index contributed by atoms with van der Waals surface area (Å²) in [6.07, 6.45) is 1.71.